The molecule has 5 nitrogen and oxygen atoms in total. The SMILES string of the molecule is C#CCn1c(C)c(/C=N/NC(=O)c2cc(-c3ccccc3)nc3ccccc23)c2cc(C)ccc21. The zero-order valence-electron chi connectivity index (χ0n) is 19.6. The monoisotopic (exact) mass is 456 g/mol. The van der Waals surface area contributed by atoms with Crippen LogP contribution in [0.15, 0.2) is 84.0 Å². The highest BCUT2D eigenvalue weighted by atomic mass is 16.2. The Labute approximate surface area is 204 Å². The highest BCUT2D eigenvalue weighted by molar-refractivity contribution is 6.08. The molecule has 170 valence electrons. The maximum absolute atomic E-state index is 13.3. The number of carbonyl (C=O) groups is 1. The van der Waals surface area contributed by atoms with Gasteiger partial charge in [-0.1, -0.05) is 66.1 Å². The number of hydrazone groups is 1. The molecular weight excluding hydrogens is 432 g/mol. The molecule has 0 aliphatic heterocycles. The number of aryl methyl sites for hydroxylation is 1. The first kappa shape index (κ1) is 22.1. The van der Waals surface area contributed by atoms with Crippen molar-refractivity contribution in [2.75, 3.05) is 0 Å². The van der Waals surface area contributed by atoms with E-state index in [-0.39, 0.29) is 5.91 Å². The Hall–Kier alpha value is -4.69. The van der Waals surface area contributed by atoms with Crippen LogP contribution in [-0.4, -0.2) is 21.7 Å². The number of pyridine rings is 1. The second-order valence-electron chi connectivity index (χ2n) is 8.45. The van der Waals surface area contributed by atoms with E-state index in [9.17, 15) is 4.79 Å². The summed E-state index contributed by atoms with van der Waals surface area (Å²) in [6.45, 7) is 4.53. The maximum Gasteiger partial charge on any atom is 0.272 e. The predicted octanol–water partition coefficient (Wildman–Crippen LogP) is 5.87. The molecule has 0 radical (unpaired) electrons. The van der Waals surface area contributed by atoms with Gasteiger partial charge in [0.15, 0.2) is 0 Å². The lowest BCUT2D eigenvalue weighted by atomic mass is 10.0. The second kappa shape index (κ2) is 9.28. The molecule has 0 atom stereocenters. The van der Waals surface area contributed by atoms with Crippen molar-refractivity contribution < 1.29 is 4.79 Å². The van der Waals surface area contributed by atoms with Crippen molar-refractivity contribution in [3.63, 3.8) is 0 Å². The summed E-state index contributed by atoms with van der Waals surface area (Å²) >= 11 is 0. The number of nitrogens with zero attached hydrogens (tertiary/aromatic N) is 3. The van der Waals surface area contributed by atoms with Gasteiger partial charge in [-0.05, 0) is 38.1 Å². The van der Waals surface area contributed by atoms with Crippen LogP contribution in [0.1, 0.15) is 27.2 Å². The van der Waals surface area contributed by atoms with Crippen LogP contribution in [-0.2, 0) is 6.54 Å². The number of fused-ring (bicyclic) bond motifs is 2. The van der Waals surface area contributed by atoms with Crippen LogP contribution >= 0.6 is 0 Å². The molecule has 0 fully saturated rings. The third-order valence-corrected chi connectivity index (χ3v) is 6.17. The van der Waals surface area contributed by atoms with Crippen molar-refractivity contribution in [3.8, 4) is 23.6 Å². The molecule has 0 unspecified atom stereocenters. The molecule has 1 N–H and O–H groups in total. The molecular formula is C30H24N4O. The highest BCUT2D eigenvalue weighted by Crippen LogP contribution is 2.27. The number of terminal acetylenes is 1. The standard InChI is InChI=1S/C30H24N4O/c1-4-16-34-21(3)26(24-17-20(2)14-15-29(24)34)19-31-33-30(35)25-18-28(22-10-6-5-7-11-22)32-27-13-9-8-12-23(25)27/h1,5-15,17-19H,16H2,2-3H3,(H,33,35)/b31-19+. The Morgan fingerprint density at radius 2 is 1.80 bits per heavy atom. The van der Waals surface area contributed by atoms with E-state index in [4.69, 9.17) is 11.4 Å². The van der Waals surface area contributed by atoms with Gasteiger partial charge in [0.05, 0.1) is 29.5 Å². The van der Waals surface area contributed by atoms with Crippen molar-refractivity contribution in [1.29, 1.82) is 0 Å². The van der Waals surface area contributed by atoms with Crippen molar-refractivity contribution >= 4 is 33.9 Å². The van der Waals surface area contributed by atoms with E-state index in [1.54, 1.807) is 6.21 Å². The Morgan fingerprint density at radius 3 is 2.60 bits per heavy atom. The minimum atomic E-state index is -0.293. The topological polar surface area (TPSA) is 59.3 Å². The van der Waals surface area contributed by atoms with Crippen molar-refractivity contribution in [2.45, 2.75) is 20.4 Å². The van der Waals surface area contributed by atoms with Gasteiger partial charge < -0.3 is 4.57 Å². The van der Waals surface area contributed by atoms with Crippen LogP contribution in [0, 0.1) is 26.2 Å². The maximum atomic E-state index is 13.3. The summed E-state index contributed by atoms with van der Waals surface area (Å²) in [7, 11) is 0. The third kappa shape index (κ3) is 4.18. The number of hydrogen-bond donors (Lipinski definition) is 1. The van der Waals surface area contributed by atoms with Crippen LogP contribution in [0.3, 0.4) is 0 Å². The largest absolute Gasteiger partial charge is 0.333 e. The smallest absolute Gasteiger partial charge is 0.272 e. The van der Waals surface area contributed by atoms with Crippen molar-refractivity contribution in [1.82, 2.24) is 15.0 Å². The van der Waals surface area contributed by atoms with E-state index in [1.807, 2.05) is 67.6 Å². The van der Waals surface area contributed by atoms with Crippen molar-refractivity contribution in [2.24, 2.45) is 5.10 Å². The number of amides is 1. The average Bonchev–Trinajstić information content (AvgIpc) is 3.14. The lowest BCUT2D eigenvalue weighted by molar-refractivity contribution is 0.0956. The van der Waals surface area contributed by atoms with Gasteiger partial charge in [0.2, 0.25) is 0 Å². The lowest BCUT2D eigenvalue weighted by Gasteiger charge is -2.09. The normalized spacial score (nSPS) is 11.2. The zero-order valence-corrected chi connectivity index (χ0v) is 19.6. The third-order valence-electron chi connectivity index (χ3n) is 6.17. The molecule has 0 bridgehead atoms. The first-order chi connectivity index (χ1) is 17.1. The van der Waals surface area contributed by atoms with Crippen LogP contribution in [0.25, 0.3) is 33.1 Å². The van der Waals surface area contributed by atoms with Crippen LogP contribution in [0.2, 0.25) is 0 Å². The van der Waals surface area contributed by atoms with Gasteiger partial charge in [-0.25, -0.2) is 10.4 Å². The second-order valence-corrected chi connectivity index (χ2v) is 8.45. The minimum absolute atomic E-state index is 0.293. The Morgan fingerprint density at radius 1 is 1.03 bits per heavy atom. The number of aromatic nitrogens is 2. The molecule has 0 saturated carbocycles. The Balaban J connectivity index is 1.51. The molecule has 5 heteroatoms. The number of hydrogen-bond acceptors (Lipinski definition) is 3. The van der Waals surface area contributed by atoms with Gasteiger partial charge >= 0.3 is 0 Å². The number of para-hydroxylation sites is 1. The molecule has 2 aromatic heterocycles. The molecule has 35 heavy (non-hydrogen) atoms. The predicted molar refractivity (Wildman–Crippen MR) is 142 cm³/mol. The molecule has 5 rings (SSSR count). The zero-order chi connectivity index (χ0) is 24.4. The minimum Gasteiger partial charge on any atom is -0.333 e. The van der Waals surface area contributed by atoms with Crippen molar-refractivity contribution in [3.05, 3.63) is 101 Å². The average molecular weight is 457 g/mol. The van der Waals surface area contributed by atoms with Crippen LogP contribution in [0.5, 0.6) is 0 Å². The summed E-state index contributed by atoms with van der Waals surface area (Å²) in [6, 6.07) is 25.5. The summed E-state index contributed by atoms with van der Waals surface area (Å²) in [5, 5.41) is 6.16. The van der Waals surface area contributed by atoms with E-state index >= 15 is 0 Å². The molecule has 3 aromatic carbocycles. The van der Waals surface area contributed by atoms with Gasteiger partial charge in [0, 0.05) is 33.1 Å². The molecule has 0 aliphatic carbocycles. The summed E-state index contributed by atoms with van der Waals surface area (Å²) in [4.78, 5) is 18.0. The number of nitrogens with one attached hydrogen (secondary N) is 1. The van der Waals surface area contributed by atoms with Gasteiger partial charge in [-0.15, -0.1) is 6.42 Å². The first-order valence-corrected chi connectivity index (χ1v) is 11.4. The van der Waals surface area contributed by atoms with Gasteiger partial charge in [0.25, 0.3) is 5.91 Å². The quantitative estimate of drug-likeness (QED) is 0.204. The van der Waals surface area contributed by atoms with E-state index in [0.29, 0.717) is 12.1 Å². The first-order valence-electron chi connectivity index (χ1n) is 11.4. The van der Waals surface area contributed by atoms with E-state index < -0.39 is 0 Å². The van der Waals surface area contributed by atoms with Crippen LogP contribution < -0.4 is 5.43 Å². The molecule has 0 saturated heterocycles. The number of rotatable bonds is 5. The summed E-state index contributed by atoms with van der Waals surface area (Å²) in [6.07, 6.45) is 7.29. The van der Waals surface area contributed by atoms with Crippen LogP contribution in [0.4, 0.5) is 0 Å². The molecule has 0 spiro atoms. The summed E-state index contributed by atoms with van der Waals surface area (Å²) < 4.78 is 2.08. The number of benzene rings is 3. The van der Waals surface area contributed by atoms with E-state index in [1.165, 1.54) is 0 Å². The van der Waals surface area contributed by atoms with E-state index in [2.05, 4.69) is 46.1 Å². The van der Waals surface area contributed by atoms with Gasteiger partial charge in [-0.3, -0.25) is 4.79 Å². The van der Waals surface area contributed by atoms with Gasteiger partial charge in [-0.2, -0.15) is 5.10 Å². The summed E-state index contributed by atoms with van der Waals surface area (Å²) in [5.41, 5.74) is 9.81. The fourth-order valence-electron chi connectivity index (χ4n) is 4.42. The fourth-order valence-corrected chi connectivity index (χ4v) is 4.42. The lowest BCUT2D eigenvalue weighted by Crippen LogP contribution is -2.18. The Bertz CT molecular complexity index is 1640. The Kier molecular flexibility index (Phi) is 5.87. The molecule has 0 aliphatic rings. The molecule has 2 heterocycles. The molecule has 1 amide bonds. The van der Waals surface area contributed by atoms with Gasteiger partial charge in [0.1, 0.15) is 0 Å². The summed E-state index contributed by atoms with van der Waals surface area (Å²) in [5.74, 6) is 2.43. The number of carbonyl (C=O) groups excluding carboxylic acids is 1. The molecule has 5 aromatic rings. The van der Waals surface area contributed by atoms with E-state index in [0.717, 1.165) is 49.9 Å². The fraction of sp³-hybridized carbons (Fsp3) is 0.100. The highest BCUT2D eigenvalue weighted by Gasteiger charge is 2.15.